The Hall–Kier alpha value is -3.51. The molecule has 5 N–H and O–H groups in total. The van der Waals surface area contributed by atoms with E-state index in [1.165, 1.54) is 4.31 Å². The number of rotatable bonds is 8. The van der Waals surface area contributed by atoms with Crippen molar-refractivity contribution >= 4 is 32.6 Å². The van der Waals surface area contributed by atoms with Crippen LogP contribution < -0.4 is 10.5 Å². The zero-order valence-corrected chi connectivity index (χ0v) is 21.4. The lowest BCUT2D eigenvalue weighted by atomic mass is 10.1. The van der Waals surface area contributed by atoms with Crippen LogP contribution in [-0.2, 0) is 14.8 Å². The van der Waals surface area contributed by atoms with Gasteiger partial charge in [-0.1, -0.05) is 42.5 Å². The summed E-state index contributed by atoms with van der Waals surface area (Å²) < 4.78 is 33.4. The number of amidine groups is 1. The van der Waals surface area contributed by atoms with Crippen molar-refractivity contribution in [2.24, 2.45) is 5.73 Å². The third kappa shape index (κ3) is 7.99. The fourth-order valence-electron chi connectivity index (χ4n) is 3.93. The number of nitrogen functional groups attached to an aromatic ring is 1. The van der Waals surface area contributed by atoms with Crippen molar-refractivity contribution in [3.8, 4) is 5.75 Å². The molecule has 1 aliphatic rings. The van der Waals surface area contributed by atoms with E-state index in [0.717, 1.165) is 17.7 Å². The molecule has 0 radical (unpaired) electrons. The monoisotopic (exact) mass is 528 g/mol. The van der Waals surface area contributed by atoms with Crippen molar-refractivity contribution in [1.29, 1.82) is 5.41 Å². The number of sulfonamides is 1. The molecule has 4 rings (SSSR count). The van der Waals surface area contributed by atoms with E-state index in [9.17, 15) is 13.5 Å². The van der Waals surface area contributed by atoms with E-state index in [0.29, 0.717) is 48.9 Å². The SMILES string of the molecule is CC(=O)O.N=C(N)c1cccc(OCC(O)CN2CCN(S(=O)(=O)c3ccc4ccccc4c3)CC2)c1. The molecular formula is C26H32N4O6S. The lowest BCUT2D eigenvalue weighted by Gasteiger charge is -2.34. The first-order valence-corrected chi connectivity index (χ1v) is 13.2. The van der Waals surface area contributed by atoms with Crippen LogP contribution in [0.4, 0.5) is 0 Å². The number of benzene rings is 3. The molecule has 3 aromatic rings. The fourth-order valence-corrected chi connectivity index (χ4v) is 5.38. The molecule has 0 amide bonds. The maximum Gasteiger partial charge on any atom is 0.300 e. The van der Waals surface area contributed by atoms with Gasteiger partial charge >= 0.3 is 0 Å². The summed E-state index contributed by atoms with van der Waals surface area (Å²) in [4.78, 5) is 11.3. The average molecular weight is 529 g/mol. The first-order valence-electron chi connectivity index (χ1n) is 11.7. The molecule has 0 spiro atoms. The molecule has 37 heavy (non-hydrogen) atoms. The van der Waals surface area contributed by atoms with E-state index >= 15 is 0 Å². The number of hydrogen-bond donors (Lipinski definition) is 4. The van der Waals surface area contributed by atoms with Crippen molar-refractivity contribution in [2.45, 2.75) is 17.9 Å². The van der Waals surface area contributed by atoms with Crippen LogP contribution in [0.25, 0.3) is 10.8 Å². The van der Waals surface area contributed by atoms with E-state index in [2.05, 4.69) is 0 Å². The highest BCUT2D eigenvalue weighted by Gasteiger charge is 2.29. The lowest BCUT2D eigenvalue weighted by molar-refractivity contribution is -0.134. The van der Waals surface area contributed by atoms with Gasteiger partial charge in [0.05, 0.1) is 4.90 Å². The van der Waals surface area contributed by atoms with Gasteiger partial charge in [-0.15, -0.1) is 0 Å². The Labute approximate surface area is 216 Å². The maximum atomic E-state index is 13.1. The van der Waals surface area contributed by atoms with Gasteiger partial charge in [-0.25, -0.2) is 8.42 Å². The number of piperazine rings is 1. The normalized spacial score (nSPS) is 15.4. The number of β-amino-alcohol motifs (C(OH)–C–C–N with tert-alkyl or cyclic N) is 1. The van der Waals surface area contributed by atoms with Crippen LogP contribution in [0.5, 0.6) is 5.75 Å². The molecule has 1 aliphatic heterocycles. The van der Waals surface area contributed by atoms with Crippen LogP contribution in [0, 0.1) is 5.41 Å². The standard InChI is InChI=1S/C24H28N4O4S.C2H4O2/c25-24(26)20-6-3-7-22(14-20)32-17-21(29)16-27-10-12-28(13-11-27)33(30,31)23-9-8-18-4-1-2-5-19(18)15-23;1-2(3)4/h1-9,14-15,21,29H,10-13,16-17H2,(H3,25,26);1H3,(H,3,4). The summed E-state index contributed by atoms with van der Waals surface area (Å²) >= 11 is 0. The molecule has 1 saturated heterocycles. The summed E-state index contributed by atoms with van der Waals surface area (Å²) in [5.41, 5.74) is 6.05. The molecular weight excluding hydrogens is 496 g/mol. The predicted octanol–water partition coefficient (Wildman–Crippen LogP) is 1.96. The smallest absolute Gasteiger partial charge is 0.300 e. The van der Waals surface area contributed by atoms with Gasteiger partial charge in [0.2, 0.25) is 10.0 Å². The number of aliphatic carboxylic acids is 1. The molecule has 0 aliphatic carbocycles. The Morgan fingerprint density at radius 2 is 1.68 bits per heavy atom. The average Bonchev–Trinajstić information content (AvgIpc) is 2.87. The summed E-state index contributed by atoms with van der Waals surface area (Å²) in [6.07, 6.45) is -0.727. The number of aliphatic hydroxyl groups is 1. The second kappa shape index (κ2) is 12.6. The summed E-state index contributed by atoms with van der Waals surface area (Å²) in [5.74, 6) is -0.342. The topological polar surface area (TPSA) is 157 Å². The van der Waals surface area contributed by atoms with Crippen molar-refractivity contribution in [3.63, 3.8) is 0 Å². The molecule has 0 bridgehead atoms. The number of nitrogens with two attached hydrogens (primary N) is 1. The Bertz CT molecular complexity index is 1340. The number of nitrogens with zero attached hydrogens (tertiary/aromatic N) is 2. The van der Waals surface area contributed by atoms with Crippen LogP contribution in [0.1, 0.15) is 12.5 Å². The van der Waals surface area contributed by atoms with Crippen LogP contribution in [-0.4, -0.2) is 85.1 Å². The molecule has 0 aromatic heterocycles. The number of carboxylic acids is 1. The number of nitrogens with one attached hydrogen (secondary N) is 1. The van der Waals surface area contributed by atoms with E-state index in [1.807, 2.05) is 35.2 Å². The molecule has 10 nitrogen and oxygen atoms in total. The largest absolute Gasteiger partial charge is 0.491 e. The molecule has 1 fully saturated rings. The van der Waals surface area contributed by atoms with Gasteiger partial charge in [0.1, 0.15) is 24.3 Å². The second-order valence-electron chi connectivity index (χ2n) is 8.64. The van der Waals surface area contributed by atoms with Crippen LogP contribution in [0.15, 0.2) is 71.6 Å². The van der Waals surface area contributed by atoms with Crippen LogP contribution in [0.3, 0.4) is 0 Å². The highest BCUT2D eigenvalue weighted by atomic mass is 32.2. The Balaban J connectivity index is 0.000000886. The van der Waals surface area contributed by atoms with Gasteiger partial charge in [0, 0.05) is 45.2 Å². The molecule has 198 valence electrons. The first kappa shape index (κ1) is 28.1. The molecule has 1 atom stereocenters. The van der Waals surface area contributed by atoms with Crippen LogP contribution >= 0.6 is 0 Å². The van der Waals surface area contributed by atoms with Gasteiger partial charge in [-0.05, 0) is 35.0 Å². The zero-order chi connectivity index (χ0) is 27.0. The second-order valence-corrected chi connectivity index (χ2v) is 10.6. The van der Waals surface area contributed by atoms with Crippen molar-refractivity contribution in [1.82, 2.24) is 9.21 Å². The molecule has 3 aromatic carbocycles. The minimum absolute atomic E-state index is 0.0440. The number of carbonyl (C=O) groups is 1. The van der Waals surface area contributed by atoms with Gasteiger partial charge in [-0.2, -0.15) is 4.31 Å². The Morgan fingerprint density at radius 1 is 1.03 bits per heavy atom. The molecule has 1 heterocycles. The van der Waals surface area contributed by atoms with Crippen LogP contribution in [0.2, 0.25) is 0 Å². The van der Waals surface area contributed by atoms with Gasteiger partial charge in [0.25, 0.3) is 5.97 Å². The van der Waals surface area contributed by atoms with E-state index in [-0.39, 0.29) is 12.4 Å². The minimum Gasteiger partial charge on any atom is -0.491 e. The zero-order valence-electron chi connectivity index (χ0n) is 20.6. The van der Waals surface area contributed by atoms with E-state index < -0.39 is 22.1 Å². The summed E-state index contributed by atoms with van der Waals surface area (Å²) in [5, 5.41) is 27.2. The number of hydrogen-bond acceptors (Lipinski definition) is 7. The highest BCUT2D eigenvalue weighted by Crippen LogP contribution is 2.23. The fraction of sp³-hybridized carbons (Fsp3) is 0.308. The Kier molecular flexibility index (Phi) is 9.59. The van der Waals surface area contributed by atoms with Gasteiger partial charge < -0.3 is 20.7 Å². The quantitative estimate of drug-likeness (QED) is 0.255. The molecule has 1 unspecified atom stereocenters. The lowest BCUT2D eigenvalue weighted by Crippen LogP contribution is -2.50. The predicted molar refractivity (Wildman–Crippen MR) is 141 cm³/mol. The summed E-state index contributed by atoms with van der Waals surface area (Å²) in [7, 11) is -3.57. The number of aliphatic hydroxyl groups excluding tert-OH is 1. The first-order chi connectivity index (χ1) is 17.6. The maximum absolute atomic E-state index is 13.1. The summed E-state index contributed by atoms with van der Waals surface area (Å²) in [6.45, 7) is 3.35. The number of ether oxygens (including phenoxy) is 1. The van der Waals surface area contributed by atoms with Crippen molar-refractivity contribution in [2.75, 3.05) is 39.3 Å². The van der Waals surface area contributed by atoms with Crippen molar-refractivity contribution < 1.29 is 28.2 Å². The van der Waals surface area contributed by atoms with Crippen molar-refractivity contribution in [3.05, 3.63) is 72.3 Å². The number of fused-ring (bicyclic) bond motifs is 1. The third-order valence-electron chi connectivity index (χ3n) is 5.75. The third-order valence-corrected chi connectivity index (χ3v) is 7.64. The van der Waals surface area contributed by atoms with E-state index in [4.69, 9.17) is 25.8 Å². The van der Waals surface area contributed by atoms with Gasteiger partial charge in [-0.3, -0.25) is 15.1 Å². The minimum atomic E-state index is -3.57. The number of carboxylic acid groups (broad SMARTS) is 1. The highest BCUT2D eigenvalue weighted by molar-refractivity contribution is 7.89. The molecule has 11 heteroatoms. The Morgan fingerprint density at radius 3 is 2.32 bits per heavy atom. The van der Waals surface area contributed by atoms with Gasteiger partial charge in [0.15, 0.2) is 0 Å². The summed E-state index contributed by atoms with van der Waals surface area (Å²) in [6, 6.07) is 19.8. The molecule has 0 saturated carbocycles. The van der Waals surface area contributed by atoms with E-state index in [1.54, 1.807) is 36.4 Å².